The minimum atomic E-state index is -0.106. The Kier molecular flexibility index (Phi) is 4.24. The third-order valence-corrected chi connectivity index (χ3v) is 5.57. The highest BCUT2D eigenvalue weighted by Crippen LogP contribution is 2.29. The van der Waals surface area contributed by atoms with E-state index < -0.39 is 0 Å². The molecular weight excluding hydrogens is 378 g/mol. The van der Waals surface area contributed by atoms with Crippen LogP contribution < -0.4 is 10.3 Å². The third-order valence-electron chi connectivity index (χ3n) is 5.57. The number of rotatable bonds is 4. The van der Waals surface area contributed by atoms with Gasteiger partial charge in [-0.25, -0.2) is 15.0 Å². The van der Waals surface area contributed by atoms with E-state index in [9.17, 15) is 4.79 Å². The molecule has 0 amide bonds. The van der Waals surface area contributed by atoms with E-state index in [2.05, 4.69) is 4.98 Å². The molecule has 7 nitrogen and oxygen atoms in total. The molecule has 7 heteroatoms. The van der Waals surface area contributed by atoms with E-state index in [4.69, 9.17) is 14.7 Å². The van der Waals surface area contributed by atoms with Crippen molar-refractivity contribution in [1.29, 1.82) is 0 Å². The van der Waals surface area contributed by atoms with Crippen molar-refractivity contribution in [3.8, 4) is 11.4 Å². The van der Waals surface area contributed by atoms with Crippen LogP contribution in [0.4, 0.5) is 0 Å². The molecule has 2 aromatic carbocycles. The molecule has 0 unspecified atom stereocenters. The number of methoxy groups -OCH3 is 1. The first-order valence-electron chi connectivity index (χ1n) is 9.94. The maximum absolute atomic E-state index is 13.5. The Labute approximate surface area is 172 Å². The Hall–Kier alpha value is -3.74. The van der Waals surface area contributed by atoms with Crippen LogP contribution in [0, 0.1) is 0 Å². The maximum Gasteiger partial charge on any atom is 0.265 e. The van der Waals surface area contributed by atoms with Crippen molar-refractivity contribution >= 4 is 33.2 Å². The molecule has 0 fully saturated rings. The average molecular weight is 399 g/mol. The topological polar surface area (TPSA) is 74.8 Å². The van der Waals surface area contributed by atoms with Crippen LogP contribution in [0.1, 0.15) is 26.3 Å². The first-order valence-corrected chi connectivity index (χ1v) is 9.94. The lowest BCUT2D eigenvalue weighted by atomic mass is 10.2. The smallest absolute Gasteiger partial charge is 0.265 e. The molecule has 0 saturated heterocycles. The summed E-state index contributed by atoms with van der Waals surface area (Å²) in [7, 11) is 1.63. The van der Waals surface area contributed by atoms with Crippen LogP contribution in [0.2, 0.25) is 0 Å². The second-order valence-corrected chi connectivity index (χ2v) is 7.33. The molecule has 30 heavy (non-hydrogen) atoms. The summed E-state index contributed by atoms with van der Waals surface area (Å²) in [6.07, 6.45) is 2.45. The second-order valence-electron chi connectivity index (χ2n) is 7.33. The summed E-state index contributed by atoms with van der Waals surface area (Å²) in [4.78, 5) is 27.8. The van der Waals surface area contributed by atoms with Gasteiger partial charge in [-0.3, -0.25) is 13.9 Å². The molecule has 150 valence electrons. The zero-order valence-electron chi connectivity index (χ0n) is 17.0. The number of para-hydroxylation sites is 2. The molecule has 0 aliphatic rings. The molecule has 1 atom stereocenters. The Morgan fingerprint density at radius 2 is 1.80 bits per heavy atom. The van der Waals surface area contributed by atoms with Crippen LogP contribution in [-0.4, -0.2) is 31.2 Å². The van der Waals surface area contributed by atoms with Gasteiger partial charge in [-0.05, 0) is 37.6 Å². The predicted molar refractivity (Wildman–Crippen MR) is 117 cm³/mol. The van der Waals surface area contributed by atoms with Gasteiger partial charge in [0.2, 0.25) is 0 Å². The molecule has 0 spiro atoms. The van der Waals surface area contributed by atoms with Gasteiger partial charge in [0.25, 0.3) is 5.56 Å². The Bertz CT molecular complexity index is 1470. The molecule has 0 radical (unpaired) electrons. The van der Waals surface area contributed by atoms with Gasteiger partial charge >= 0.3 is 0 Å². The van der Waals surface area contributed by atoms with Crippen molar-refractivity contribution in [3.63, 3.8) is 0 Å². The largest absolute Gasteiger partial charge is 0.497 e. The van der Waals surface area contributed by atoms with Crippen LogP contribution in [-0.2, 0) is 0 Å². The highest BCUT2D eigenvalue weighted by atomic mass is 16.5. The molecule has 0 saturated carbocycles. The fraction of sp³-hybridized carbons (Fsp3) is 0.217. The number of fused-ring (bicyclic) bond motifs is 4. The first kappa shape index (κ1) is 18.3. The van der Waals surface area contributed by atoms with Crippen LogP contribution >= 0.6 is 0 Å². The normalized spacial score (nSPS) is 12.6. The summed E-state index contributed by atoms with van der Waals surface area (Å²) in [6.45, 7) is 4.06. The van der Waals surface area contributed by atoms with Gasteiger partial charge in [0.05, 0.1) is 23.8 Å². The van der Waals surface area contributed by atoms with E-state index in [1.807, 2.05) is 66.9 Å². The van der Waals surface area contributed by atoms with Gasteiger partial charge < -0.3 is 4.74 Å². The van der Waals surface area contributed by atoms with Crippen molar-refractivity contribution in [2.24, 2.45) is 0 Å². The number of hydrogen-bond acceptors (Lipinski definition) is 5. The van der Waals surface area contributed by atoms with Gasteiger partial charge in [0, 0.05) is 12.1 Å². The Morgan fingerprint density at radius 1 is 1.03 bits per heavy atom. The lowest BCUT2D eigenvalue weighted by Gasteiger charge is -2.12. The number of aromatic nitrogens is 5. The molecule has 3 heterocycles. The minimum Gasteiger partial charge on any atom is -0.497 e. The van der Waals surface area contributed by atoms with Crippen LogP contribution in [0.3, 0.4) is 0 Å². The fourth-order valence-corrected chi connectivity index (χ4v) is 3.75. The van der Waals surface area contributed by atoms with E-state index in [0.29, 0.717) is 27.9 Å². The zero-order chi connectivity index (χ0) is 20.8. The predicted octanol–water partition coefficient (Wildman–Crippen LogP) is 4.26. The van der Waals surface area contributed by atoms with Crippen molar-refractivity contribution in [2.45, 2.75) is 26.3 Å². The van der Waals surface area contributed by atoms with Gasteiger partial charge in [-0.2, -0.15) is 0 Å². The van der Waals surface area contributed by atoms with Crippen molar-refractivity contribution in [3.05, 3.63) is 65.2 Å². The van der Waals surface area contributed by atoms with Crippen molar-refractivity contribution in [2.75, 3.05) is 7.11 Å². The Morgan fingerprint density at radius 3 is 2.53 bits per heavy atom. The number of nitrogens with zero attached hydrogens (tertiary/aromatic N) is 5. The molecule has 5 rings (SSSR count). The molecule has 0 N–H and O–H groups in total. The highest BCUT2D eigenvalue weighted by molar-refractivity contribution is 6.05. The second kappa shape index (κ2) is 6.95. The number of hydrogen-bond donors (Lipinski definition) is 0. The van der Waals surface area contributed by atoms with Crippen LogP contribution in [0.25, 0.3) is 38.9 Å². The van der Waals surface area contributed by atoms with Gasteiger partial charge in [0.15, 0.2) is 11.3 Å². The molecule has 0 aliphatic carbocycles. The summed E-state index contributed by atoms with van der Waals surface area (Å²) in [5.74, 6) is 0.712. The van der Waals surface area contributed by atoms with Gasteiger partial charge in [-0.1, -0.05) is 25.1 Å². The molecule has 5 aromatic rings. The molecule has 0 aliphatic heterocycles. The molecule has 0 bridgehead atoms. The number of benzene rings is 2. The van der Waals surface area contributed by atoms with E-state index in [-0.39, 0.29) is 11.6 Å². The zero-order valence-corrected chi connectivity index (χ0v) is 17.0. The molecule has 3 aromatic heterocycles. The van der Waals surface area contributed by atoms with E-state index >= 15 is 0 Å². The van der Waals surface area contributed by atoms with Gasteiger partial charge in [0.1, 0.15) is 23.0 Å². The minimum absolute atomic E-state index is 0.0398. The first-order chi connectivity index (χ1) is 14.6. The van der Waals surface area contributed by atoms with Crippen molar-refractivity contribution < 1.29 is 4.74 Å². The SMILES string of the molecule is CC[C@@H](C)n1cnc2c(c1=O)c1nc3ccccc3nc1n2-c1cccc(OC)c1. The quantitative estimate of drug-likeness (QED) is 0.451. The van der Waals surface area contributed by atoms with Crippen molar-refractivity contribution in [1.82, 2.24) is 24.1 Å². The van der Waals surface area contributed by atoms with Crippen LogP contribution in [0.15, 0.2) is 59.7 Å². The van der Waals surface area contributed by atoms with E-state index in [1.54, 1.807) is 18.0 Å². The summed E-state index contributed by atoms with van der Waals surface area (Å²) in [5.41, 5.74) is 3.91. The van der Waals surface area contributed by atoms with Crippen LogP contribution in [0.5, 0.6) is 5.75 Å². The monoisotopic (exact) mass is 399 g/mol. The lowest BCUT2D eigenvalue weighted by molar-refractivity contribution is 0.414. The number of ether oxygens (including phenoxy) is 1. The van der Waals surface area contributed by atoms with E-state index in [0.717, 1.165) is 23.1 Å². The standard InChI is InChI=1S/C23H21N5O2/c1-4-14(2)27-13-24-21-19(23(27)29)20-22(26-18-11-6-5-10-17(18)25-20)28(21)15-8-7-9-16(12-15)30-3/h5-14H,4H2,1-3H3/t14-/m1/s1. The summed E-state index contributed by atoms with van der Waals surface area (Å²) < 4.78 is 8.96. The average Bonchev–Trinajstić information content (AvgIpc) is 3.11. The summed E-state index contributed by atoms with van der Waals surface area (Å²) in [5, 5.41) is 0.480. The van der Waals surface area contributed by atoms with E-state index in [1.165, 1.54) is 0 Å². The fourth-order valence-electron chi connectivity index (χ4n) is 3.75. The summed E-state index contributed by atoms with van der Waals surface area (Å²) in [6, 6.07) is 15.3. The Balaban J connectivity index is 1.97. The highest BCUT2D eigenvalue weighted by Gasteiger charge is 2.21. The van der Waals surface area contributed by atoms with Gasteiger partial charge in [-0.15, -0.1) is 0 Å². The lowest BCUT2D eigenvalue weighted by Crippen LogP contribution is -2.23. The molecular formula is C23H21N5O2. The third kappa shape index (κ3) is 2.66. The summed E-state index contributed by atoms with van der Waals surface area (Å²) >= 11 is 0. The maximum atomic E-state index is 13.5.